The topological polar surface area (TPSA) is 74.9 Å². The molecule has 1 N–H and O–H groups in total. The normalized spacial score (nSPS) is 16.0. The van der Waals surface area contributed by atoms with E-state index < -0.39 is 11.9 Å². The van der Waals surface area contributed by atoms with Crippen LogP contribution in [0.2, 0.25) is 0 Å². The van der Waals surface area contributed by atoms with E-state index >= 15 is 0 Å². The zero-order valence-corrected chi connectivity index (χ0v) is 12.5. The molecule has 7 heteroatoms. The van der Waals surface area contributed by atoms with Crippen LogP contribution in [0.15, 0.2) is 17.8 Å². The predicted octanol–water partition coefficient (Wildman–Crippen LogP) is 1.65. The highest BCUT2D eigenvalue weighted by atomic mass is 32.1. The summed E-state index contributed by atoms with van der Waals surface area (Å²) < 4.78 is 1.91. The van der Waals surface area contributed by atoms with Crippen LogP contribution in [0, 0.1) is 5.92 Å². The van der Waals surface area contributed by atoms with E-state index in [1.54, 1.807) is 18.0 Å². The van der Waals surface area contributed by atoms with E-state index in [9.17, 15) is 9.59 Å². The van der Waals surface area contributed by atoms with Gasteiger partial charge in [0.1, 0.15) is 0 Å². The van der Waals surface area contributed by atoms with Gasteiger partial charge >= 0.3 is 5.97 Å². The zero-order valence-electron chi connectivity index (χ0n) is 11.7. The van der Waals surface area contributed by atoms with Gasteiger partial charge < -0.3 is 10.0 Å². The number of aromatic nitrogens is 2. The second-order valence-corrected chi connectivity index (χ2v) is 6.34. The quantitative estimate of drug-likeness (QED) is 0.880. The van der Waals surface area contributed by atoms with Crippen molar-refractivity contribution in [1.82, 2.24) is 14.3 Å². The van der Waals surface area contributed by atoms with Crippen LogP contribution in [0.1, 0.15) is 25.5 Å². The molecule has 2 aromatic heterocycles. The first-order valence-corrected chi connectivity index (χ1v) is 7.86. The third-order valence-electron chi connectivity index (χ3n) is 3.75. The number of carbonyl (C=O) groups is 2. The van der Waals surface area contributed by atoms with Crippen molar-refractivity contribution in [2.45, 2.75) is 32.2 Å². The monoisotopic (exact) mass is 307 g/mol. The van der Waals surface area contributed by atoms with Crippen molar-refractivity contribution in [3.05, 3.63) is 23.5 Å². The van der Waals surface area contributed by atoms with Crippen LogP contribution >= 0.6 is 11.3 Å². The highest BCUT2D eigenvalue weighted by molar-refractivity contribution is 7.15. The van der Waals surface area contributed by atoms with E-state index in [0.29, 0.717) is 6.42 Å². The number of nitrogens with zero attached hydrogens (tertiary/aromatic N) is 3. The largest absolute Gasteiger partial charge is 0.481 e. The standard InChI is InChI=1S/C14H17N3O3S/c1-9(13(19)20)7-17(10-2-3-10)12(18)6-11-8-21-14-15-4-5-16(11)14/h4-5,8-10H,2-3,6-7H2,1H3,(H,19,20). The molecule has 0 saturated heterocycles. The Morgan fingerprint density at radius 1 is 1.57 bits per heavy atom. The summed E-state index contributed by atoms with van der Waals surface area (Å²) in [6.07, 6.45) is 5.80. The average molecular weight is 307 g/mol. The molecule has 3 rings (SSSR count). The number of hydrogen-bond acceptors (Lipinski definition) is 4. The van der Waals surface area contributed by atoms with Gasteiger partial charge in [-0.3, -0.25) is 14.0 Å². The first-order valence-electron chi connectivity index (χ1n) is 6.98. The lowest BCUT2D eigenvalue weighted by molar-refractivity contribution is -0.143. The summed E-state index contributed by atoms with van der Waals surface area (Å²) in [4.78, 5) is 30.3. The summed E-state index contributed by atoms with van der Waals surface area (Å²) in [6, 6.07) is 0.219. The second-order valence-electron chi connectivity index (χ2n) is 5.50. The smallest absolute Gasteiger partial charge is 0.308 e. The highest BCUT2D eigenvalue weighted by Gasteiger charge is 2.34. The number of carboxylic acids is 1. The third kappa shape index (κ3) is 2.92. The molecule has 0 aliphatic heterocycles. The summed E-state index contributed by atoms with van der Waals surface area (Å²) in [5.41, 5.74) is 0.908. The molecule has 0 aromatic carbocycles. The number of hydrogen-bond donors (Lipinski definition) is 1. The van der Waals surface area contributed by atoms with Crippen molar-refractivity contribution in [2.75, 3.05) is 6.54 Å². The van der Waals surface area contributed by atoms with Gasteiger partial charge in [-0.15, -0.1) is 11.3 Å². The summed E-state index contributed by atoms with van der Waals surface area (Å²) in [5, 5.41) is 11.0. The summed E-state index contributed by atoms with van der Waals surface area (Å²) in [7, 11) is 0. The van der Waals surface area contributed by atoms with Gasteiger partial charge in [0, 0.05) is 36.1 Å². The second kappa shape index (κ2) is 5.48. The molecule has 1 atom stereocenters. The predicted molar refractivity (Wildman–Crippen MR) is 78.3 cm³/mol. The lowest BCUT2D eigenvalue weighted by Crippen LogP contribution is -2.39. The van der Waals surface area contributed by atoms with Gasteiger partial charge in [0.25, 0.3) is 0 Å². The Labute approximate surface area is 126 Å². The molecule has 1 fully saturated rings. The van der Waals surface area contributed by atoms with Crippen molar-refractivity contribution in [3.63, 3.8) is 0 Å². The lowest BCUT2D eigenvalue weighted by atomic mass is 10.1. The van der Waals surface area contributed by atoms with Crippen LogP contribution in [0.3, 0.4) is 0 Å². The van der Waals surface area contributed by atoms with Gasteiger partial charge in [-0.2, -0.15) is 0 Å². The van der Waals surface area contributed by atoms with Gasteiger partial charge in [0.15, 0.2) is 4.96 Å². The number of imidazole rings is 1. The van der Waals surface area contributed by atoms with Gasteiger partial charge in [0.05, 0.1) is 12.3 Å². The number of carbonyl (C=O) groups excluding carboxylic acids is 1. The minimum Gasteiger partial charge on any atom is -0.481 e. The van der Waals surface area contributed by atoms with E-state index in [-0.39, 0.29) is 18.5 Å². The fourth-order valence-corrected chi connectivity index (χ4v) is 3.22. The maximum absolute atomic E-state index is 12.5. The van der Waals surface area contributed by atoms with Crippen LogP contribution in [-0.2, 0) is 16.0 Å². The number of amides is 1. The minimum atomic E-state index is -0.860. The Hall–Kier alpha value is -1.89. The molecule has 6 nitrogen and oxygen atoms in total. The maximum Gasteiger partial charge on any atom is 0.308 e. The Balaban J connectivity index is 1.72. The maximum atomic E-state index is 12.5. The number of aliphatic carboxylic acids is 1. The molecule has 1 aliphatic rings. The average Bonchev–Trinajstić information content (AvgIpc) is 3.05. The Morgan fingerprint density at radius 3 is 3.00 bits per heavy atom. The number of fused-ring (bicyclic) bond motifs is 1. The molecular weight excluding hydrogens is 290 g/mol. The van der Waals surface area contributed by atoms with Crippen molar-refractivity contribution in [3.8, 4) is 0 Å². The fraction of sp³-hybridized carbons (Fsp3) is 0.500. The first-order chi connectivity index (χ1) is 10.1. The van der Waals surface area contributed by atoms with Gasteiger partial charge in [-0.25, -0.2) is 4.98 Å². The van der Waals surface area contributed by atoms with E-state index in [4.69, 9.17) is 5.11 Å². The number of carboxylic acid groups (broad SMARTS) is 1. The summed E-state index contributed by atoms with van der Waals surface area (Å²) in [5.74, 6) is -1.40. The summed E-state index contributed by atoms with van der Waals surface area (Å²) in [6.45, 7) is 1.93. The lowest BCUT2D eigenvalue weighted by Gasteiger charge is -2.24. The molecular formula is C14H17N3O3S. The van der Waals surface area contributed by atoms with E-state index in [1.165, 1.54) is 11.3 Å². The number of thiazole rings is 1. The van der Waals surface area contributed by atoms with Crippen molar-refractivity contribution < 1.29 is 14.7 Å². The molecule has 1 aliphatic carbocycles. The molecule has 1 unspecified atom stereocenters. The highest BCUT2D eigenvalue weighted by Crippen LogP contribution is 2.28. The zero-order chi connectivity index (χ0) is 15.0. The van der Waals surface area contributed by atoms with Gasteiger partial charge in [-0.05, 0) is 12.8 Å². The minimum absolute atomic E-state index is 0.000926. The van der Waals surface area contributed by atoms with Crippen LogP contribution in [-0.4, -0.2) is 43.9 Å². The van der Waals surface area contributed by atoms with E-state index in [0.717, 1.165) is 23.5 Å². The Bertz CT molecular complexity index is 674. The summed E-state index contributed by atoms with van der Waals surface area (Å²) >= 11 is 1.50. The third-order valence-corrected chi connectivity index (χ3v) is 4.65. The Morgan fingerprint density at radius 2 is 2.33 bits per heavy atom. The molecule has 2 heterocycles. The molecule has 21 heavy (non-hydrogen) atoms. The van der Waals surface area contributed by atoms with Gasteiger partial charge in [-0.1, -0.05) is 6.92 Å². The molecule has 1 amide bonds. The van der Waals surface area contributed by atoms with Crippen LogP contribution in [0.4, 0.5) is 0 Å². The molecule has 2 aromatic rings. The SMILES string of the molecule is CC(CN(C(=O)Cc1csc2nccn12)C1CC1)C(=O)O. The first kappa shape index (κ1) is 14.1. The van der Waals surface area contributed by atoms with Crippen LogP contribution < -0.4 is 0 Å². The van der Waals surface area contributed by atoms with E-state index in [2.05, 4.69) is 4.98 Å². The molecule has 0 radical (unpaired) electrons. The number of rotatable bonds is 6. The van der Waals surface area contributed by atoms with Gasteiger partial charge in [0.2, 0.25) is 5.91 Å². The van der Waals surface area contributed by atoms with Crippen molar-refractivity contribution >= 4 is 28.2 Å². The molecule has 1 saturated carbocycles. The Kier molecular flexibility index (Phi) is 3.67. The molecule has 112 valence electrons. The molecule has 0 spiro atoms. The van der Waals surface area contributed by atoms with Crippen molar-refractivity contribution in [1.29, 1.82) is 0 Å². The van der Waals surface area contributed by atoms with Crippen LogP contribution in [0.5, 0.6) is 0 Å². The van der Waals surface area contributed by atoms with Crippen LogP contribution in [0.25, 0.3) is 4.96 Å². The molecule has 0 bridgehead atoms. The fourth-order valence-electron chi connectivity index (χ4n) is 2.37. The van der Waals surface area contributed by atoms with Crippen molar-refractivity contribution in [2.24, 2.45) is 5.92 Å². The van der Waals surface area contributed by atoms with E-state index in [1.807, 2.05) is 16.0 Å².